The molecule has 0 saturated carbocycles. The van der Waals surface area contributed by atoms with Crippen LogP contribution in [0.4, 0.5) is 17.1 Å². The van der Waals surface area contributed by atoms with E-state index in [9.17, 15) is 0 Å². The number of benzene rings is 8. The molecular weight excluding hydrogens is 749 g/mol. The summed E-state index contributed by atoms with van der Waals surface area (Å²) in [5.41, 5.74) is 16.9. The Morgan fingerprint density at radius 1 is 0.500 bits per heavy atom. The molecule has 2 aliphatic rings. The number of thiophene rings is 1. The van der Waals surface area contributed by atoms with Gasteiger partial charge in [0.15, 0.2) is 0 Å². The number of hydrogen-bond donors (Lipinski definition) is 0. The Kier molecular flexibility index (Phi) is 6.24. The van der Waals surface area contributed by atoms with Crippen LogP contribution in [0, 0.1) is 0 Å². The lowest BCUT2D eigenvalue weighted by Gasteiger charge is -2.39. The fraction of sp³-hybridized carbons (Fsp3) is 0.0741. The summed E-state index contributed by atoms with van der Waals surface area (Å²) in [6.07, 6.45) is 0. The lowest BCUT2D eigenvalue weighted by Crippen LogP contribution is -2.59. The molecule has 60 heavy (non-hydrogen) atoms. The lowest BCUT2D eigenvalue weighted by atomic mass is 9.36. The molecule has 0 bridgehead atoms. The minimum absolute atomic E-state index is 0.0104. The molecule has 8 aromatic carbocycles. The summed E-state index contributed by atoms with van der Waals surface area (Å²) in [5, 5.41) is 8.71. The summed E-state index contributed by atoms with van der Waals surface area (Å²) in [7, 11) is 0. The van der Waals surface area contributed by atoms with Crippen LogP contribution in [0.25, 0.3) is 87.0 Å². The summed E-state index contributed by atoms with van der Waals surface area (Å²) in [6, 6.07) is 60.9. The van der Waals surface area contributed by atoms with Crippen LogP contribution in [0.3, 0.4) is 0 Å². The SMILES string of the molecule is CC(C)(C)c1ccc2sc3c(c2c1)N(c1ccc2oc4ccccc4c2c1)c1cccc2c1B3c1cccc3c4cc5c6ccccc6n(-c6ccccc6)c5cc4n-2c13. The van der Waals surface area contributed by atoms with Crippen LogP contribution < -0.4 is 20.6 Å². The average Bonchev–Trinajstić information content (AvgIpc) is 4.02. The molecule has 0 unspecified atom stereocenters. The van der Waals surface area contributed by atoms with E-state index < -0.39 is 0 Å². The van der Waals surface area contributed by atoms with E-state index in [0.29, 0.717) is 0 Å². The van der Waals surface area contributed by atoms with Gasteiger partial charge in [0.05, 0.1) is 22.2 Å². The zero-order valence-electron chi connectivity index (χ0n) is 33.3. The van der Waals surface area contributed by atoms with Gasteiger partial charge < -0.3 is 18.5 Å². The van der Waals surface area contributed by atoms with Gasteiger partial charge in [0.2, 0.25) is 0 Å². The van der Waals surface area contributed by atoms with Crippen LogP contribution in [0.5, 0.6) is 0 Å². The number of hydrogen-bond acceptors (Lipinski definition) is 3. The Balaban J connectivity index is 1.11. The molecular formula is C54H36BN3OS. The number of nitrogens with zero attached hydrogens (tertiary/aromatic N) is 3. The minimum atomic E-state index is 0.0104. The normalized spacial score (nSPS) is 13.5. The molecule has 0 spiro atoms. The van der Waals surface area contributed by atoms with Gasteiger partial charge in [-0.2, -0.15) is 0 Å². The molecule has 6 heteroatoms. The molecule has 0 amide bonds. The van der Waals surface area contributed by atoms with Gasteiger partial charge in [0.25, 0.3) is 6.71 Å². The van der Waals surface area contributed by atoms with Crippen LogP contribution in [0.2, 0.25) is 0 Å². The smallest absolute Gasteiger partial charge is 0.264 e. The van der Waals surface area contributed by atoms with E-state index >= 15 is 0 Å². The number of rotatable bonds is 2. The third-order valence-electron chi connectivity index (χ3n) is 13.4. The predicted octanol–water partition coefficient (Wildman–Crippen LogP) is 12.9. The van der Waals surface area contributed by atoms with Gasteiger partial charge in [-0.25, -0.2) is 0 Å². The first-order chi connectivity index (χ1) is 29.4. The second-order valence-electron chi connectivity index (χ2n) is 17.7. The highest BCUT2D eigenvalue weighted by molar-refractivity contribution is 7.33. The van der Waals surface area contributed by atoms with Gasteiger partial charge in [-0.1, -0.05) is 106 Å². The highest BCUT2D eigenvalue weighted by Gasteiger charge is 2.44. The topological polar surface area (TPSA) is 26.2 Å². The Labute approximate surface area is 350 Å². The van der Waals surface area contributed by atoms with Crippen LogP contribution in [0.1, 0.15) is 26.3 Å². The van der Waals surface area contributed by atoms with Gasteiger partial charge in [0.1, 0.15) is 11.2 Å². The second kappa shape index (κ2) is 11.4. The number of furan rings is 1. The first-order valence-electron chi connectivity index (χ1n) is 20.9. The zero-order valence-corrected chi connectivity index (χ0v) is 34.1. The molecule has 0 N–H and O–H groups in total. The molecule has 0 atom stereocenters. The van der Waals surface area contributed by atoms with Crippen molar-refractivity contribution in [1.29, 1.82) is 0 Å². The second-order valence-corrected chi connectivity index (χ2v) is 18.8. The maximum absolute atomic E-state index is 6.37. The Bertz CT molecular complexity index is 3840. The van der Waals surface area contributed by atoms with E-state index in [0.717, 1.165) is 27.6 Å². The molecule has 0 saturated heterocycles. The lowest BCUT2D eigenvalue weighted by molar-refractivity contribution is 0.591. The molecule has 14 rings (SSSR count). The van der Waals surface area contributed by atoms with Crippen LogP contribution >= 0.6 is 11.3 Å². The molecule has 4 aromatic heterocycles. The fourth-order valence-electron chi connectivity index (χ4n) is 10.8. The van der Waals surface area contributed by atoms with E-state index in [2.05, 4.69) is 199 Å². The van der Waals surface area contributed by atoms with Gasteiger partial charge in [0, 0.05) is 75.4 Å². The highest BCUT2D eigenvalue weighted by atomic mass is 32.1. The van der Waals surface area contributed by atoms with Crippen LogP contribution in [0.15, 0.2) is 168 Å². The summed E-state index contributed by atoms with van der Waals surface area (Å²) in [4.78, 5) is 2.57. The van der Waals surface area contributed by atoms with E-state index in [-0.39, 0.29) is 12.1 Å². The van der Waals surface area contributed by atoms with Crippen LogP contribution in [-0.2, 0) is 5.41 Å². The summed E-state index contributed by atoms with van der Waals surface area (Å²) in [6.45, 7) is 7.03. The first kappa shape index (κ1) is 32.9. The van der Waals surface area contributed by atoms with Crippen molar-refractivity contribution in [3.8, 4) is 11.4 Å². The minimum Gasteiger partial charge on any atom is -0.456 e. The maximum atomic E-state index is 6.37. The first-order valence-corrected chi connectivity index (χ1v) is 21.7. The third-order valence-corrected chi connectivity index (χ3v) is 14.7. The largest absolute Gasteiger partial charge is 0.456 e. The molecule has 6 heterocycles. The molecule has 282 valence electrons. The number of fused-ring (bicyclic) bond motifs is 15. The van der Waals surface area contributed by atoms with Crippen molar-refractivity contribution in [2.75, 3.05) is 4.90 Å². The highest BCUT2D eigenvalue weighted by Crippen LogP contribution is 2.48. The van der Waals surface area contributed by atoms with E-state index in [1.165, 1.54) is 97.7 Å². The molecule has 0 fully saturated rings. The van der Waals surface area contributed by atoms with Crippen molar-refractivity contribution in [3.63, 3.8) is 0 Å². The van der Waals surface area contributed by atoms with Gasteiger partial charge >= 0.3 is 0 Å². The van der Waals surface area contributed by atoms with E-state index in [1.54, 1.807) is 0 Å². The van der Waals surface area contributed by atoms with Gasteiger partial charge in [-0.05, 0) is 101 Å². The van der Waals surface area contributed by atoms with E-state index in [1.807, 2.05) is 11.3 Å². The van der Waals surface area contributed by atoms with Crippen molar-refractivity contribution in [2.45, 2.75) is 26.2 Å². The molecule has 12 aromatic rings. The average molecular weight is 786 g/mol. The number of anilines is 3. The monoisotopic (exact) mass is 785 g/mol. The van der Waals surface area contributed by atoms with Gasteiger partial charge in [-0.3, -0.25) is 0 Å². The van der Waals surface area contributed by atoms with Crippen molar-refractivity contribution < 1.29 is 4.42 Å². The maximum Gasteiger partial charge on any atom is 0.264 e. The van der Waals surface area contributed by atoms with Gasteiger partial charge in [-0.15, -0.1) is 11.3 Å². The molecule has 2 aliphatic heterocycles. The summed E-state index contributed by atoms with van der Waals surface area (Å²) >= 11 is 1.96. The zero-order chi connectivity index (χ0) is 39.6. The predicted molar refractivity (Wildman–Crippen MR) is 256 cm³/mol. The Hall–Kier alpha value is -7.02. The molecule has 4 nitrogen and oxygen atoms in total. The van der Waals surface area contributed by atoms with Crippen LogP contribution in [-0.4, -0.2) is 15.8 Å². The quantitative estimate of drug-likeness (QED) is 0.163. The number of para-hydroxylation sites is 4. The summed E-state index contributed by atoms with van der Waals surface area (Å²) in [5.74, 6) is 0. The Morgan fingerprint density at radius 3 is 2.12 bits per heavy atom. The standard InChI is InChI=1S/C54H36BN3OS/c1-54(2,3)31-23-26-49-40(27-31)52-53(60-49)55-41-18-11-17-36-38-29-37-34-15-7-9-19-42(34)56(32-13-5-4-6-14-32)45(37)30-46(38)58(51(36)41)44-21-12-20-43(50(44)55)57(52)33-24-25-48-39(28-33)35-16-8-10-22-47(35)59-48/h4-30H,1-3H3. The van der Waals surface area contributed by atoms with Crippen molar-refractivity contribution >= 4 is 126 Å². The van der Waals surface area contributed by atoms with Crippen molar-refractivity contribution in [3.05, 3.63) is 169 Å². The molecule has 0 radical (unpaired) electrons. The van der Waals surface area contributed by atoms with Crippen molar-refractivity contribution in [1.82, 2.24) is 9.13 Å². The Morgan fingerprint density at radius 2 is 1.23 bits per heavy atom. The van der Waals surface area contributed by atoms with Crippen molar-refractivity contribution in [2.24, 2.45) is 0 Å². The number of aromatic nitrogens is 2. The van der Waals surface area contributed by atoms with E-state index in [4.69, 9.17) is 4.42 Å². The summed E-state index contributed by atoms with van der Waals surface area (Å²) < 4.78 is 14.1. The third kappa shape index (κ3) is 4.16. The fourth-order valence-corrected chi connectivity index (χ4v) is 12.1. The molecule has 0 aliphatic carbocycles.